The second kappa shape index (κ2) is 5.02. The Morgan fingerprint density at radius 2 is 2.00 bits per heavy atom. The quantitative estimate of drug-likeness (QED) is 0.730. The van der Waals surface area contributed by atoms with Crippen LogP contribution < -0.4 is 10.5 Å². The molecule has 0 saturated carbocycles. The summed E-state index contributed by atoms with van der Waals surface area (Å²) in [5, 5.41) is 0. The predicted octanol–water partition coefficient (Wildman–Crippen LogP) is 1.09. The van der Waals surface area contributed by atoms with Gasteiger partial charge in [-0.25, -0.2) is 18.1 Å². The highest BCUT2D eigenvalue weighted by molar-refractivity contribution is 7.89. The summed E-state index contributed by atoms with van der Waals surface area (Å²) in [5.74, 6) is 0.549. The lowest BCUT2D eigenvalue weighted by molar-refractivity contribution is 0.579. The van der Waals surface area contributed by atoms with Gasteiger partial charge >= 0.3 is 0 Å². The maximum absolute atomic E-state index is 12.3. The van der Waals surface area contributed by atoms with Crippen LogP contribution in [0.3, 0.4) is 0 Å². The Balaban J connectivity index is 2.32. The normalized spacial score (nSPS) is 11.7. The zero-order valence-corrected chi connectivity index (χ0v) is 11.6. The van der Waals surface area contributed by atoms with Gasteiger partial charge in [-0.3, -0.25) is 0 Å². The molecule has 2 rings (SSSR count). The van der Waals surface area contributed by atoms with Crippen molar-refractivity contribution in [2.24, 2.45) is 0 Å². The molecule has 0 atom stereocenters. The van der Waals surface area contributed by atoms with E-state index in [-0.39, 0.29) is 17.1 Å². The molecule has 7 heteroatoms. The molecular formula is C12H16N4O2S. The lowest BCUT2D eigenvalue weighted by atomic mass is 10.1. The molecule has 0 aliphatic heterocycles. The number of H-pyrrole nitrogens is 1. The van der Waals surface area contributed by atoms with Gasteiger partial charge in [-0.2, -0.15) is 0 Å². The molecule has 0 saturated heterocycles. The van der Waals surface area contributed by atoms with Crippen LogP contribution in [0.5, 0.6) is 0 Å². The first-order chi connectivity index (χ1) is 8.92. The molecule has 0 fully saturated rings. The Labute approximate surface area is 112 Å². The van der Waals surface area contributed by atoms with E-state index < -0.39 is 10.0 Å². The molecule has 6 nitrogen and oxygen atoms in total. The van der Waals surface area contributed by atoms with E-state index in [4.69, 9.17) is 5.73 Å². The number of aromatic amines is 1. The van der Waals surface area contributed by atoms with Crippen molar-refractivity contribution in [1.82, 2.24) is 14.7 Å². The number of nitrogen functional groups attached to an aromatic ring is 1. The number of hydrogen-bond donors (Lipinski definition) is 3. The molecule has 0 aliphatic carbocycles. The maximum atomic E-state index is 12.3. The van der Waals surface area contributed by atoms with E-state index in [1.165, 1.54) is 0 Å². The molecule has 0 amide bonds. The van der Waals surface area contributed by atoms with Gasteiger partial charge in [0, 0.05) is 12.4 Å². The van der Waals surface area contributed by atoms with Crippen LogP contribution in [0.25, 0.3) is 0 Å². The largest absolute Gasteiger partial charge is 0.397 e. The van der Waals surface area contributed by atoms with Crippen LogP contribution in [0.4, 0.5) is 5.69 Å². The molecule has 1 heterocycles. The fourth-order valence-corrected chi connectivity index (χ4v) is 3.21. The first-order valence-corrected chi connectivity index (χ1v) is 7.24. The Bertz CT molecular complexity index is 678. The van der Waals surface area contributed by atoms with Crippen molar-refractivity contribution < 1.29 is 8.42 Å². The van der Waals surface area contributed by atoms with E-state index in [2.05, 4.69) is 14.7 Å². The number of rotatable bonds is 4. The van der Waals surface area contributed by atoms with Gasteiger partial charge in [0.25, 0.3) is 0 Å². The Hall–Kier alpha value is -1.86. The number of benzene rings is 1. The number of aryl methyl sites for hydroxylation is 2. The number of imidazole rings is 1. The lowest BCUT2D eigenvalue weighted by Gasteiger charge is -2.13. The second-order valence-electron chi connectivity index (χ2n) is 4.30. The lowest BCUT2D eigenvalue weighted by Crippen LogP contribution is -2.25. The first kappa shape index (κ1) is 13.6. The summed E-state index contributed by atoms with van der Waals surface area (Å²) in [4.78, 5) is 6.93. The standard InChI is InChI=1S/C12H16N4O2S/c1-8-3-4-9(2)12(11(8)13)19(17,18)16-7-10-14-5-6-15-10/h3-6,16H,7,13H2,1-2H3,(H,14,15). The van der Waals surface area contributed by atoms with E-state index in [0.29, 0.717) is 11.4 Å². The Morgan fingerprint density at radius 1 is 1.32 bits per heavy atom. The molecule has 4 N–H and O–H groups in total. The van der Waals surface area contributed by atoms with Crippen molar-refractivity contribution in [3.63, 3.8) is 0 Å². The number of sulfonamides is 1. The van der Waals surface area contributed by atoms with E-state index in [1.54, 1.807) is 38.4 Å². The number of hydrogen-bond acceptors (Lipinski definition) is 4. The van der Waals surface area contributed by atoms with Gasteiger partial charge < -0.3 is 10.7 Å². The molecule has 0 radical (unpaired) electrons. The summed E-state index contributed by atoms with van der Waals surface area (Å²) in [6.45, 7) is 3.60. The predicted molar refractivity (Wildman–Crippen MR) is 72.9 cm³/mol. The van der Waals surface area contributed by atoms with Crippen LogP contribution in [-0.2, 0) is 16.6 Å². The molecule has 19 heavy (non-hydrogen) atoms. The average Bonchev–Trinajstić information content (AvgIpc) is 2.85. The highest BCUT2D eigenvalue weighted by atomic mass is 32.2. The van der Waals surface area contributed by atoms with Crippen molar-refractivity contribution in [3.8, 4) is 0 Å². The van der Waals surface area contributed by atoms with Gasteiger partial charge in [-0.1, -0.05) is 12.1 Å². The van der Waals surface area contributed by atoms with E-state index in [9.17, 15) is 8.42 Å². The third kappa shape index (κ3) is 2.77. The highest BCUT2D eigenvalue weighted by Gasteiger charge is 2.21. The third-order valence-electron chi connectivity index (χ3n) is 2.86. The fourth-order valence-electron chi connectivity index (χ4n) is 1.79. The molecule has 2 aromatic rings. The highest BCUT2D eigenvalue weighted by Crippen LogP contribution is 2.25. The minimum absolute atomic E-state index is 0.0994. The Morgan fingerprint density at radius 3 is 2.63 bits per heavy atom. The molecule has 0 aliphatic rings. The number of aromatic nitrogens is 2. The summed E-state index contributed by atoms with van der Waals surface area (Å²) in [6.07, 6.45) is 3.20. The SMILES string of the molecule is Cc1ccc(C)c(S(=O)(=O)NCc2ncc[nH]2)c1N. The van der Waals surface area contributed by atoms with Crippen LogP contribution in [0.15, 0.2) is 29.4 Å². The van der Waals surface area contributed by atoms with Gasteiger partial charge in [0.15, 0.2) is 0 Å². The zero-order chi connectivity index (χ0) is 14.0. The van der Waals surface area contributed by atoms with Gasteiger partial charge in [-0.15, -0.1) is 0 Å². The van der Waals surface area contributed by atoms with Gasteiger partial charge in [-0.05, 0) is 25.0 Å². The number of anilines is 1. The van der Waals surface area contributed by atoms with Crippen molar-refractivity contribution >= 4 is 15.7 Å². The van der Waals surface area contributed by atoms with Crippen LogP contribution in [0, 0.1) is 13.8 Å². The topological polar surface area (TPSA) is 101 Å². The van der Waals surface area contributed by atoms with Crippen LogP contribution >= 0.6 is 0 Å². The molecule has 0 spiro atoms. The van der Waals surface area contributed by atoms with Crippen molar-refractivity contribution in [2.75, 3.05) is 5.73 Å². The molecule has 1 aromatic heterocycles. The maximum Gasteiger partial charge on any atom is 0.243 e. The van der Waals surface area contributed by atoms with Crippen molar-refractivity contribution in [3.05, 3.63) is 41.5 Å². The van der Waals surface area contributed by atoms with Crippen molar-refractivity contribution in [1.29, 1.82) is 0 Å². The summed E-state index contributed by atoms with van der Waals surface area (Å²) in [7, 11) is -3.66. The average molecular weight is 280 g/mol. The van der Waals surface area contributed by atoms with Gasteiger partial charge in [0.05, 0.1) is 12.2 Å². The van der Waals surface area contributed by atoms with Gasteiger partial charge in [0.2, 0.25) is 10.0 Å². The molecule has 1 aromatic carbocycles. The third-order valence-corrected chi connectivity index (χ3v) is 4.47. The van der Waals surface area contributed by atoms with Crippen LogP contribution in [0.1, 0.15) is 17.0 Å². The molecule has 0 unspecified atom stereocenters. The summed E-state index contributed by atoms with van der Waals surface area (Å²) < 4.78 is 27.1. The Kier molecular flexibility index (Phi) is 3.59. The second-order valence-corrected chi connectivity index (χ2v) is 6.01. The molecule has 102 valence electrons. The summed E-state index contributed by atoms with van der Waals surface area (Å²) >= 11 is 0. The molecular weight excluding hydrogens is 264 g/mol. The number of nitrogens with two attached hydrogens (primary N) is 1. The van der Waals surface area contributed by atoms with E-state index in [0.717, 1.165) is 5.56 Å². The molecule has 0 bridgehead atoms. The number of nitrogens with zero attached hydrogens (tertiary/aromatic N) is 1. The summed E-state index contributed by atoms with van der Waals surface area (Å²) in [5.41, 5.74) is 7.52. The van der Waals surface area contributed by atoms with E-state index >= 15 is 0 Å². The minimum Gasteiger partial charge on any atom is -0.397 e. The monoisotopic (exact) mass is 280 g/mol. The van der Waals surface area contributed by atoms with Gasteiger partial charge in [0.1, 0.15) is 10.7 Å². The van der Waals surface area contributed by atoms with E-state index in [1.807, 2.05) is 0 Å². The fraction of sp³-hybridized carbons (Fsp3) is 0.250. The minimum atomic E-state index is -3.66. The van der Waals surface area contributed by atoms with Crippen LogP contribution in [-0.4, -0.2) is 18.4 Å². The first-order valence-electron chi connectivity index (χ1n) is 5.75. The summed E-state index contributed by atoms with van der Waals surface area (Å²) in [6, 6.07) is 3.55. The van der Waals surface area contributed by atoms with Crippen LogP contribution in [0.2, 0.25) is 0 Å². The zero-order valence-electron chi connectivity index (χ0n) is 10.8. The van der Waals surface area contributed by atoms with Crippen molar-refractivity contribution in [2.45, 2.75) is 25.3 Å². The smallest absolute Gasteiger partial charge is 0.243 e. The number of nitrogens with one attached hydrogen (secondary N) is 2.